The van der Waals surface area contributed by atoms with Crippen LogP contribution in [0.25, 0.3) is 21.5 Å². The number of carbonyl (C=O) groups excluding carboxylic acids is 2. The summed E-state index contributed by atoms with van der Waals surface area (Å²) in [4.78, 5) is 21.6. The monoisotopic (exact) mass is 378 g/mol. The zero-order valence-electron chi connectivity index (χ0n) is 16.2. The molecule has 0 radical (unpaired) electrons. The third kappa shape index (κ3) is 5.66. The standard InChI is InChI=1S/C14H10.C8H12N2O2.CH4O/c1-2-6-12-10-14-8-4-3-7-13(14)9-11(12)5-1;1-2-3-4-9-6-5-7(11)10-8(6)12;1-2/h1-10H;5H,2-4H2,1H3,(H2,9,10,11,12);2H,1H3. The summed E-state index contributed by atoms with van der Waals surface area (Å²) in [7, 11) is 1.00. The smallest absolute Gasteiger partial charge is 0.274 e. The minimum atomic E-state index is -0.334. The van der Waals surface area contributed by atoms with E-state index in [9.17, 15) is 9.59 Å². The lowest BCUT2D eigenvalue weighted by atomic mass is 10.0. The van der Waals surface area contributed by atoms with E-state index in [1.807, 2.05) is 0 Å². The van der Waals surface area contributed by atoms with Gasteiger partial charge in [0.05, 0.1) is 0 Å². The molecule has 1 aliphatic rings. The lowest BCUT2D eigenvalue weighted by Crippen LogP contribution is -2.27. The van der Waals surface area contributed by atoms with Crippen molar-refractivity contribution in [3.8, 4) is 0 Å². The maximum atomic E-state index is 10.9. The molecule has 2 amide bonds. The van der Waals surface area contributed by atoms with E-state index in [2.05, 4.69) is 78.2 Å². The Hall–Kier alpha value is -3.18. The van der Waals surface area contributed by atoms with Crippen molar-refractivity contribution in [2.45, 2.75) is 19.8 Å². The minimum absolute atomic E-state index is 0.323. The maximum absolute atomic E-state index is 10.9. The Bertz CT molecular complexity index is 875. The van der Waals surface area contributed by atoms with Gasteiger partial charge < -0.3 is 10.4 Å². The Balaban J connectivity index is 0.000000187. The largest absolute Gasteiger partial charge is 0.400 e. The average Bonchev–Trinajstić information content (AvgIpc) is 3.05. The minimum Gasteiger partial charge on any atom is -0.400 e. The van der Waals surface area contributed by atoms with Crippen LogP contribution in [0.3, 0.4) is 0 Å². The third-order valence-corrected chi connectivity index (χ3v) is 4.22. The number of unbranched alkanes of at least 4 members (excludes halogenated alkanes) is 1. The van der Waals surface area contributed by atoms with Gasteiger partial charge in [-0.3, -0.25) is 14.9 Å². The molecule has 28 heavy (non-hydrogen) atoms. The quantitative estimate of drug-likeness (QED) is 0.369. The normalized spacial score (nSPS) is 12.5. The first-order valence-electron chi connectivity index (χ1n) is 9.30. The number of hydrogen-bond donors (Lipinski definition) is 3. The number of aliphatic hydroxyl groups excluding tert-OH is 1. The number of hydrogen-bond acceptors (Lipinski definition) is 4. The predicted molar refractivity (Wildman–Crippen MR) is 114 cm³/mol. The van der Waals surface area contributed by atoms with Crippen molar-refractivity contribution in [3.63, 3.8) is 0 Å². The van der Waals surface area contributed by atoms with Gasteiger partial charge in [0.15, 0.2) is 0 Å². The fourth-order valence-electron chi connectivity index (χ4n) is 2.83. The highest BCUT2D eigenvalue weighted by atomic mass is 16.2. The lowest BCUT2D eigenvalue weighted by molar-refractivity contribution is -0.124. The maximum Gasteiger partial charge on any atom is 0.274 e. The summed E-state index contributed by atoms with van der Waals surface area (Å²) in [5.74, 6) is -0.657. The Morgan fingerprint density at radius 1 is 0.857 bits per heavy atom. The van der Waals surface area contributed by atoms with Crippen LogP contribution in [0.2, 0.25) is 0 Å². The van der Waals surface area contributed by atoms with E-state index in [1.165, 1.54) is 27.6 Å². The van der Waals surface area contributed by atoms with Crippen molar-refractivity contribution >= 4 is 33.4 Å². The molecule has 0 saturated carbocycles. The SMILES string of the molecule is CCCCNC1=CC(=O)NC1=O.CO.c1ccc2cc3ccccc3cc2c1. The second-order valence-corrected chi connectivity index (χ2v) is 6.20. The Labute approximate surface area is 165 Å². The molecule has 0 fully saturated rings. The highest BCUT2D eigenvalue weighted by Crippen LogP contribution is 2.22. The van der Waals surface area contributed by atoms with Gasteiger partial charge in [-0.1, -0.05) is 61.9 Å². The summed E-state index contributed by atoms with van der Waals surface area (Å²) in [5, 5.41) is 17.3. The molecule has 0 aromatic heterocycles. The van der Waals surface area contributed by atoms with Gasteiger partial charge in [0.1, 0.15) is 5.70 Å². The number of nitrogens with one attached hydrogen (secondary N) is 2. The van der Waals surface area contributed by atoms with Crippen LogP contribution < -0.4 is 10.6 Å². The van der Waals surface area contributed by atoms with E-state index in [1.54, 1.807) is 0 Å². The first-order valence-corrected chi connectivity index (χ1v) is 9.30. The van der Waals surface area contributed by atoms with E-state index in [0.29, 0.717) is 5.70 Å². The van der Waals surface area contributed by atoms with Crippen LogP contribution in [-0.4, -0.2) is 30.6 Å². The molecule has 5 nitrogen and oxygen atoms in total. The third-order valence-electron chi connectivity index (χ3n) is 4.22. The molecule has 1 heterocycles. The van der Waals surface area contributed by atoms with E-state index < -0.39 is 0 Å². The highest BCUT2D eigenvalue weighted by molar-refractivity contribution is 6.15. The van der Waals surface area contributed by atoms with E-state index in [4.69, 9.17) is 5.11 Å². The van der Waals surface area contributed by atoms with Gasteiger partial charge in [0.25, 0.3) is 11.8 Å². The molecular weight excluding hydrogens is 352 g/mol. The second-order valence-electron chi connectivity index (χ2n) is 6.20. The molecule has 3 aromatic rings. The Morgan fingerprint density at radius 3 is 1.68 bits per heavy atom. The molecule has 0 atom stereocenters. The second kappa shape index (κ2) is 10.8. The number of benzene rings is 3. The van der Waals surface area contributed by atoms with Crippen LogP contribution in [0.5, 0.6) is 0 Å². The van der Waals surface area contributed by atoms with Gasteiger partial charge in [-0.05, 0) is 40.1 Å². The number of carbonyl (C=O) groups is 2. The summed E-state index contributed by atoms with van der Waals surface area (Å²) in [6.45, 7) is 2.80. The fraction of sp³-hybridized carbons (Fsp3) is 0.217. The predicted octanol–water partition coefficient (Wildman–Crippen LogP) is 3.52. The fourth-order valence-corrected chi connectivity index (χ4v) is 2.83. The Morgan fingerprint density at radius 2 is 1.32 bits per heavy atom. The van der Waals surface area contributed by atoms with Crippen LogP contribution >= 0.6 is 0 Å². The molecular formula is C23H26N2O3. The van der Waals surface area contributed by atoms with Gasteiger partial charge in [-0.2, -0.15) is 0 Å². The first-order chi connectivity index (χ1) is 13.7. The van der Waals surface area contributed by atoms with Gasteiger partial charge >= 0.3 is 0 Å². The molecule has 0 saturated heterocycles. The van der Waals surface area contributed by atoms with E-state index in [-0.39, 0.29) is 11.8 Å². The first kappa shape index (κ1) is 21.1. The molecule has 3 N–H and O–H groups in total. The van der Waals surface area contributed by atoms with Crippen molar-refractivity contribution in [1.29, 1.82) is 0 Å². The van der Waals surface area contributed by atoms with Gasteiger partial charge in [-0.25, -0.2) is 0 Å². The zero-order chi connectivity index (χ0) is 20.4. The van der Waals surface area contributed by atoms with Crippen LogP contribution in [0, 0.1) is 0 Å². The molecule has 146 valence electrons. The summed E-state index contributed by atoms with van der Waals surface area (Å²) >= 11 is 0. The number of aliphatic hydroxyl groups is 1. The van der Waals surface area contributed by atoms with Gasteiger partial charge in [-0.15, -0.1) is 0 Å². The van der Waals surface area contributed by atoms with E-state index in [0.717, 1.165) is 26.5 Å². The van der Waals surface area contributed by atoms with Crippen LogP contribution in [0.1, 0.15) is 19.8 Å². The van der Waals surface area contributed by atoms with E-state index >= 15 is 0 Å². The lowest BCUT2D eigenvalue weighted by Gasteiger charge is -2.02. The summed E-state index contributed by atoms with van der Waals surface area (Å²) < 4.78 is 0. The molecule has 0 aliphatic carbocycles. The Kier molecular flexibility index (Phi) is 8.18. The van der Waals surface area contributed by atoms with Crippen LogP contribution in [-0.2, 0) is 9.59 Å². The van der Waals surface area contributed by atoms with Crippen LogP contribution in [0.4, 0.5) is 0 Å². The summed E-state index contributed by atoms with van der Waals surface area (Å²) in [6.07, 6.45) is 3.35. The highest BCUT2D eigenvalue weighted by Gasteiger charge is 2.19. The van der Waals surface area contributed by atoms with Crippen molar-refractivity contribution < 1.29 is 14.7 Å². The summed E-state index contributed by atoms with van der Waals surface area (Å²) in [5.41, 5.74) is 0.383. The average molecular weight is 378 g/mol. The van der Waals surface area contributed by atoms with Crippen molar-refractivity contribution in [2.24, 2.45) is 0 Å². The molecule has 4 rings (SSSR count). The molecule has 5 heteroatoms. The van der Waals surface area contributed by atoms with Crippen LogP contribution in [0.15, 0.2) is 72.4 Å². The van der Waals surface area contributed by atoms with Gasteiger partial charge in [0.2, 0.25) is 0 Å². The van der Waals surface area contributed by atoms with Crippen molar-refractivity contribution in [2.75, 3.05) is 13.7 Å². The molecule has 0 spiro atoms. The molecule has 3 aromatic carbocycles. The number of amides is 2. The summed E-state index contributed by atoms with van der Waals surface area (Å²) in [6, 6.07) is 21.4. The number of rotatable bonds is 4. The zero-order valence-corrected chi connectivity index (χ0v) is 16.2. The topological polar surface area (TPSA) is 78.4 Å². The molecule has 0 unspecified atom stereocenters. The number of fused-ring (bicyclic) bond motifs is 2. The number of imide groups is 1. The molecule has 1 aliphatic heterocycles. The van der Waals surface area contributed by atoms with Crippen molar-refractivity contribution in [3.05, 3.63) is 72.4 Å². The van der Waals surface area contributed by atoms with Gasteiger partial charge in [0, 0.05) is 19.7 Å². The molecule has 0 bridgehead atoms. The van der Waals surface area contributed by atoms with Crippen molar-refractivity contribution in [1.82, 2.24) is 10.6 Å².